The lowest BCUT2D eigenvalue weighted by Crippen LogP contribution is -2.35. The summed E-state index contributed by atoms with van der Waals surface area (Å²) in [6.07, 6.45) is -3.16. The summed E-state index contributed by atoms with van der Waals surface area (Å²) in [6, 6.07) is 7.63. The molecular formula is C21H21F3N4O3. The minimum atomic E-state index is -4.47. The minimum Gasteiger partial charge on any atom is -0.493 e. The van der Waals surface area contributed by atoms with Crippen molar-refractivity contribution in [1.82, 2.24) is 14.8 Å². The highest BCUT2D eigenvalue weighted by Gasteiger charge is 2.46. The molecule has 2 atom stereocenters. The summed E-state index contributed by atoms with van der Waals surface area (Å²) in [5.74, 6) is 1.59. The highest BCUT2D eigenvalue weighted by atomic mass is 19.4. The number of ether oxygens (including phenoxy) is 3. The van der Waals surface area contributed by atoms with E-state index in [1.54, 1.807) is 36.4 Å². The van der Waals surface area contributed by atoms with E-state index in [1.165, 1.54) is 27.5 Å². The maximum absolute atomic E-state index is 13.9. The molecule has 0 radical (unpaired) electrons. The number of aromatic nitrogens is 3. The van der Waals surface area contributed by atoms with Crippen LogP contribution in [0.25, 0.3) is 11.3 Å². The molecule has 1 aliphatic rings. The predicted octanol–water partition coefficient (Wildman–Crippen LogP) is 4.63. The number of anilines is 1. The zero-order valence-electron chi connectivity index (χ0n) is 17.1. The van der Waals surface area contributed by atoms with Crippen LogP contribution < -0.4 is 19.5 Å². The molecule has 0 fully saturated rings. The van der Waals surface area contributed by atoms with E-state index < -0.39 is 18.3 Å². The lowest BCUT2D eigenvalue weighted by atomic mass is 9.96. The Morgan fingerprint density at radius 1 is 1.00 bits per heavy atom. The van der Waals surface area contributed by atoms with Crippen LogP contribution in [0.1, 0.15) is 24.1 Å². The number of fused-ring (bicyclic) bond motifs is 1. The number of hydrogen-bond donors (Lipinski definition) is 1. The van der Waals surface area contributed by atoms with Gasteiger partial charge in [0.25, 0.3) is 0 Å². The molecule has 7 nitrogen and oxygen atoms in total. The Labute approximate surface area is 176 Å². The topological polar surface area (TPSA) is 70.4 Å². The van der Waals surface area contributed by atoms with Gasteiger partial charge in [-0.25, -0.2) is 9.67 Å². The van der Waals surface area contributed by atoms with Crippen molar-refractivity contribution < 1.29 is 27.4 Å². The van der Waals surface area contributed by atoms with E-state index in [2.05, 4.69) is 15.4 Å². The van der Waals surface area contributed by atoms with E-state index in [9.17, 15) is 13.2 Å². The van der Waals surface area contributed by atoms with Gasteiger partial charge in [-0.1, -0.05) is 6.07 Å². The molecule has 10 heteroatoms. The molecule has 0 amide bonds. The Kier molecular flexibility index (Phi) is 5.38. The average Bonchev–Trinajstić information content (AvgIpc) is 3.21. The van der Waals surface area contributed by atoms with Gasteiger partial charge in [0.2, 0.25) is 5.88 Å². The SMILES string of the molecule is COc1cc(-c2cc3n(n2)[C@H](C(F)(F)F)C[C@H](c2ccc(OC)c(OC)c2)N3)ccn1. The first-order valence-electron chi connectivity index (χ1n) is 9.49. The zero-order valence-corrected chi connectivity index (χ0v) is 17.1. The van der Waals surface area contributed by atoms with Crippen LogP contribution in [0, 0.1) is 0 Å². The third kappa shape index (κ3) is 3.97. The van der Waals surface area contributed by atoms with E-state index in [4.69, 9.17) is 14.2 Å². The fraction of sp³-hybridized carbons (Fsp3) is 0.333. The molecular weight excluding hydrogens is 413 g/mol. The van der Waals surface area contributed by atoms with E-state index in [0.717, 1.165) is 4.68 Å². The average molecular weight is 434 g/mol. The van der Waals surface area contributed by atoms with E-state index in [-0.39, 0.29) is 12.2 Å². The monoisotopic (exact) mass is 434 g/mol. The van der Waals surface area contributed by atoms with Crippen molar-refractivity contribution in [1.29, 1.82) is 0 Å². The number of nitrogens with one attached hydrogen (secondary N) is 1. The molecule has 0 aliphatic carbocycles. The van der Waals surface area contributed by atoms with Crippen LogP contribution in [0.15, 0.2) is 42.6 Å². The third-order valence-corrected chi connectivity index (χ3v) is 5.24. The number of alkyl halides is 3. The van der Waals surface area contributed by atoms with Gasteiger partial charge in [0.15, 0.2) is 17.5 Å². The quantitative estimate of drug-likeness (QED) is 0.631. The molecule has 3 aromatic rings. The molecule has 0 unspecified atom stereocenters. The Bertz CT molecular complexity index is 1080. The fourth-order valence-corrected chi connectivity index (χ4v) is 3.68. The van der Waals surface area contributed by atoms with Gasteiger partial charge in [0, 0.05) is 30.3 Å². The van der Waals surface area contributed by atoms with Crippen LogP contribution in [-0.4, -0.2) is 42.3 Å². The van der Waals surface area contributed by atoms with Crippen molar-refractivity contribution in [3.8, 4) is 28.6 Å². The molecule has 0 bridgehead atoms. The van der Waals surface area contributed by atoms with Gasteiger partial charge < -0.3 is 19.5 Å². The highest BCUT2D eigenvalue weighted by molar-refractivity contribution is 5.64. The van der Waals surface area contributed by atoms with Gasteiger partial charge in [-0.3, -0.25) is 0 Å². The normalized spacial score (nSPS) is 18.1. The second kappa shape index (κ2) is 8.01. The summed E-state index contributed by atoms with van der Waals surface area (Å²) >= 11 is 0. The summed E-state index contributed by atoms with van der Waals surface area (Å²) < 4.78 is 58.5. The third-order valence-electron chi connectivity index (χ3n) is 5.24. The van der Waals surface area contributed by atoms with Crippen LogP contribution in [0.2, 0.25) is 0 Å². The van der Waals surface area contributed by atoms with Gasteiger partial charge in [-0.15, -0.1) is 0 Å². The summed E-state index contributed by atoms with van der Waals surface area (Å²) in [6.45, 7) is 0. The smallest absolute Gasteiger partial charge is 0.410 e. The highest BCUT2D eigenvalue weighted by Crippen LogP contribution is 2.45. The van der Waals surface area contributed by atoms with Crippen molar-refractivity contribution >= 4 is 5.82 Å². The second-order valence-electron chi connectivity index (χ2n) is 7.05. The molecule has 0 saturated heterocycles. The lowest BCUT2D eigenvalue weighted by molar-refractivity contribution is -0.173. The maximum atomic E-state index is 13.9. The Hall–Kier alpha value is -3.43. The van der Waals surface area contributed by atoms with Crippen molar-refractivity contribution in [2.24, 2.45) is 0 Å². The van der Waals surface area contributed by atoms with Crippen LogP contribution >= 0.6 is 0 Å². The van der Waals surface area contributed by atoms with Crippen LogP contribution in [0.5, 0.6) is 17.4 Å². The lowest BCUT2D eigenvalue weighted by Gasteiger charge is -2.33. The predicted molar refractivity (Wildman–Crippen MR) is 108 cm³/mol. The van der Waals surface area contributed by atoms with Gasteiger partial charge >= 0.3 is 6.18 Å². The first-order valence-corrected chi connectivity index (χ1v) is 9.49. The molecule has 1 aromatic carbocycles. The van der Waals surface area contributed by atoms with Crippen LogP contribution in [0.4, 0.5) is 19.0 Å². The van der Waals surface area contributed by atoms with E-state index in [0.29, 0.717) is 34.2 Å². The Morgan fingerprint density at radius 3 is 2.45 bits per heavy atom. The molecule has 2 aromatic heterocycles. The fourth-order valence-electron chi connectivity index (χ4n) is 3.68. The van der Waals surface area contributed by atoms with Crippen LogP contribution in [-0.2, 0) is 0 Å². The summed E-state index contributed by atoms with van der Waals surface area (Å²) in [7, 11) is 4.46. The summed E-state index contributed by atoms with van der Waals surface area (Å²) in [5.41, 5.74) is 1.66. The standard InChI is InChI=1S/C21H21F3N4O3/c1-29-16-5-4-12(8-17(16)30-2)14-10-18(21(22,23)24)28-19(26-14)11-15(27-28)13-6-7-25-20(9-13)31-3/h4-9,11,14,18,26H,10H2,1-3H3/t14-,18+/m1/s1. The maximum Gasteiger partial charge on any atom is 0.410 e. The zero-order chi connectivity index (χ0) is 22.2. The van der Waals surface area contributed by atoms with Crippen molar-refractivity contribution in [2.75, 3.05) is 26.6 Å². The number of methoxy groups -OCH3 is 3. The number of hydrogen-bond acceptors (Lipinski definition) is 6. The molecule has 3 heterocycles. The Morgan fingerprint density at radius 2 is 1.77 bits per heavy atom. The molecule has 31 heavy (non-hydrogen) atoms. The Balaban J connectivity index is 1.74. The number of rotatable bonds is 5. The number of benzene rings is 1. The second-order valence-corrected chi connectivity index (χ2v) is 7.05. The summed E-state index contributed by atoms with van der Waals surface area (Å²) in [4.78, 5) is 4.03. The first kappa shape index (κ1) is 20.8. The minimum absolute atomic E-state index is 0.216. The molecule has 0 saturated carbocycles. The van der Waals surface area contributed by atoms with Crippen molar-refractivity contribution in [2.45, 2.75) is 24.7 Å². The molecule has 1 N–H and O–H groups in total. The van der Waals surface area contributed by atoms with Crippen molar-refractivity contribution in [3.63, 3.8) is 0 Å². The number of halogens is 3. The van der Waals surface area contributed by atoms with Crippen molar-refractivity contribution in [3.05, 3.63) is 48.2 Å². The van der Waals surface area contributed by atoms with Gasteiger partial charge in [0.05, 0.1) is 33.1 Å². The molecule has 0 spiro atoms. The van der Waals surface area contributed by atoms with Gasteiger partial charge in [0.1, 0.15) is 5.82 Å². The largest absolute Gasteiger partial charge is 0.493 e. The number of nitrogens with zero attached hydrogens (tertiary/aromatic N) is 3. The summed E-state index contributed by atoms with van der Waals surface area (Å²) in [5, 5.41) is 7.42. The van der Waals surface area contributed by atoms with Gasteiger partial charge in [-0.2, -0.15) is 18.3 Å². The first-order chi connectivity index (χ1) is 14.8. The van der Waals surface area contributed by atoms with Gasteiger partial charge in [-0.05, 0) is 23.8 Å². The molecule has 4 rings (SSSR count). The van der Waals surface area contributed by atoms with E-state index >= 15 is 0 Å². The van der Waals surface area contributed by atoms with Crippen LogP contribution in [0.3, 0.4) is 0 Å². The molecule has 164 valence electrons. The molecule has 1 aliphatic heterocycles. The number of pyridine rings is 1. The van der Waals surface area contributed by atoms with E-state index in [1.807, 2.05) is 0 Å².